The van der Waals surface area contributed by atoms with Crippen LogP contribution in [0.3, 0.4) is 0 Å². The third-order valence-corrected chi connectivity index (χ3v) is 4.07. The Morgan fingerprint density at radius 3 is 2.57 bits per heavy atom. The molecule has 0 aliphatic rings. The Labute approximate surface area is 180 Å². The van der Waals surface area contributed by atoms with Crippen LogP contribution in [0.1, 0.15) is 43.8 Å². The molecule has 1 aromatic carbocycles. The molecule has 0 bridgehead atoms. The minimum Gasteiger partial charge on any atom is -0.350 e. The molecule has 5 nitrogen and oxygen atoms in total. The van der Waals surface area contributed by atoms with E-state index in [1.54, 1.807) is 26.2 Å². The summed E-state index contributed by atoms with van der Waals surface area (Å²) in [6, 6.07) is 4.96. The summed E-state index contributed by atoms with van der Waals surface area (Å²) in [6.45, 7) is 7.39. The summed E-state index contributed by atoms with van der Waals surface area (Å²) in [5, 5.41) is 6.28. The van der Waals surface area contributed by atoms with Crippen molar-refractivity contribution in [3.05, 3.63) is 53.6 Å². The van der Waals surface area contributed by atoms with Gasteiger partial charge >= 0.3 is 6.18 Å². The Hall–Kier alpha value is -1.78. The predicted molar refractivity (Wildman–Crippen MR) is 116 cm³/mol. The highest BCUT2D eigenvalue weighted by atomic mass is 127. The van der Waals surface area contributed by atoms with Gasteiger partial charge < -0.3 is 15.2 Å². The first-order valence-electron chi connectivity index (χ1n) is 8.85. The zero-order valence-electron chi connectivity index (χ0n) is 16.4. The third-order valence-electron chi connectivity index (χ3n) is 4.07. The molecule has 0 spiro atoms. The fourth-order valence-corrected chi connectivity index (χ4v) is 2.70. The molecule has 0 aliphatic heterocycles. The zero-order chi connectivity index (χ0) is 20.0. The van der Waals surface area contributed by atoms with Crippen LogP contribution < -0.4 is 10.6 Å². The number of aromatic nitrogens is 2. The monoisotopic (exact) mass is 509 g/mol. The van der Waals surface area contributed by atoms with Gasteiger partial charge in [-0.3, -0.25) is 4.99 Å². The van der Waals surface area contributed by atoms with Gasteiger partial charge in [-0.2, -0.15) is 13.2 Å². The van der Waals surface area contributed by atoms with Crippen LogP contribution in [0, 0.1) is 5.92 Å². The fourth-order valence-electron chi connectivity index (χ4n) is 2.70. The maximum absolute atomic E-state index is 12.9. The topological polar surface area (TPSA) is 54.2 Å². The van der Waals surface area contributed by atoms with Crippen LogP contribution in [0.5, 0.6) is 0 Å². The van der Waals surface area contributed by atoms with Crippen molar-refractivity contribution in [1.82, 2.24) is 20.2 Å². The normalized spacial score (nSPS) is 13.2. The Kier molecular flexibility index (Phi) is 9.25. The smallest absolute Gasteiger partial charge is 0.350 e. The van der Waals surface area contributed by atoms with Crippen LogP contribution in [-0.4, -0.2) is 22.6 Å². The summed E-state index contributed by atoms with van der Waals surface area (Å²) in [6.07, 6.45) is -0.678. The van der Waals surface area contributed by atoms with Crippen LogP contribution in [0.15, 0.2) is 41.7 Å². The van der Waals surface area contributed by atoms with E-state index in [2.05, 4.69) is 39.0 Å². The lowest BCUT2D eigenvalue weighted by atomic mass is 10.1. The first-order valence-corrected chi connectivity index (χ1v) is 8.85. The standard InChI is InChI=1S/C19H26F3N5.HI/c1-13(2)12-27-9-8-24-17(27)11-25-18(23-4)26-14(3)15-6-5-7-16(10-15)19(20,21)22;/h5-10,13-14H,11-12H2,1-4H3,(H2,23,25,26);1H. The lowest BCUT2D eigenvalue weighted by Crippen LogP contribution is -2.38. The summed E-state index contributed by atoms with van der Waals surface area (Å²) in [5.41, 5.74) is -0.124. The second kappa shape index (κ2) is 10.7. The van der Waals surface area contributed by atoms with Gasteiger partial charge in [0.05, 0.1) is 18.2 Å². The molecule has 9 heteroatoms. The lowest BCUT2D eigenvalue weighted by Gasteiger charge is -2.19. The zero-order valence-corrected chi connectivity index (χ0v) is 18.7. The summed E-state index contributed by atoms with van der Waals surface area (Å²) in [5.74, 6) is 1.87. The van der Waals surface area contributed by atoms with Crippen molar-refractivity contribution in [2.75, 3.05) is 7.05 Å². The summed E-state index contributed by atoms with van der Waals surface area (Å²) >= 11 is 0. The molecule has 1 aromatic heterocycles. The Balaban J connectivity index is 0.00000392. The molecule has 2 rings (SSSR count). The largest absolute Gasteiger partial charge is 0.416 e. The van der Waals surface area contributed by atoms with Crippen LogP contribution in [0.25, 0.3) is 0 Å². The molecule has 2 N–H and O–H groups in total. The van der Waals surface area contributed by atoms with E-state index in [1.807, 2.05) is 6.20 Å². The average molecular weight is 509 g/mol. The number of nitrogens with one attached hydrogen (secondary N) is 2. The first-order chi connectivity index (χ1) is 12.7. The number of hydrogen-bond donors (Lipinski definition) is 2. The number of halogens is 4. The van der Waals surface area contributed by atoms with Crippen molar-refractivity contribution >= 4 is 29.9 Å². The number of benzene rings is 1. The summed E-state index contributed by atoms with van der Waals surface area (Å²) < 4.78 is 40.8. The van der Waals surface area contributed by atoms with E-state index in [9.17, 15) is 13.2 Å². The molecular formula is C19H27F3IN5. The van der Waals surface area contributed by atoms with Crippen molar-refractivity contribution < 1.29 is 13.2 Å². The molecule has 1 heterocycles. The third kappa shape index (κ3) is 6.99. The van der Waals surface area contributed by atoms with E-state index < -0.39 is 11.7 Å². The molecule has 156 valence electrons. The number of rotatable bonds is 6. The Morgan fingerprint density at radius 2 is 1.96 bits per heavy atom. The van der Waals surface area contributed by atoms with Crippen molar-refractivity contribution in [2.45, 2.75) is 46.1 Å². The van der Waals surface area contributed by atoms with Gasteiger partial charge in [0, 0.05) is 26.0 Å². The highest BCUT2D eigenvalue weighted by Crippen LogP contribution is 2.30. The quantitative estimate of drug-likeness (QED) is 0.340. The number of hydrogen-bond acceptors (Lipinski definition) is 2. The van der Waals surface area contributed by atoms with Crippen LogP contribution in [0.2, 0.25) is 0 Å². The number of alkyl halides is 3. The van der Waals surface area contributed by atoms with E-state index in [1.165, 1.54) is 6.07 Å². The molecule has 0 amide bonds. The number of aliphatic imine (C=N–C) groups is 1. The number of guanidine groups is 1. The average Bonchev–Trinajstić information content (AvgIpc) is 3.04. The minimum absolute atomic E-state index is 0. The highest BCUT2D eigenvalue weighted by Gasteiger charge is 2.30. The summed E-state index contributed by atoms with van der Waals surface area (Å²) in [4.78, 5) is 8.49. The van der Waals surface area contributed by atoms with Gasteiger partial charge in [-0.1, -0.05) is 26.0 Å². The second-order valence-electron chi connectivity index (χ2n) is 6.80. The molecule has 0 aliphatic carbocycles. The fraction of sp³-hybridized carbons (Fsp3) is 0.474. The van der Waals surface area contributed by atoms with E-state index in [0.29, 0.717) is 24.0 Å². The molecule has 2 aromatic rings. The van der Waals surface area contributed by atoms with Crippen LogP contribution in [-0.2, 0) is 19.3 Å². The molecule has 0 saturated heterocycles. The second-order valence-corrected chi connectivity index (χ2v) is 6.80. The number of nitrogens with zero attached hydrogens (tertiary/aromatic N) is 3. The van der Waals surface area contributed by atoms with Gasteiger partial charge in [0.2, 0.25) is 0 Å². The van der Waals surface area contributed by atoms with Crippen molar-refractivity contribution in [3.8, 4) is 0 Å². The Morgan fingerprint density at radius 1 is 1.25 bits per heavy atom. The highest BCUT2D eigenvalue weighted by molar-refractivity contribution is 14.0. The van der Waals surface area contributed by atoms with E-state index >= 15 is 0 Å². The predicted octanol–water partition coefficient (Wildman–Crippen LogP) is 4.60. The Bertz CT molecular complexity index is 771. The maximum Gasteiger partial charge on any atom is 0.416 e. The molecular weight excluding hydrogens is 482 g/mol. The van der Waals surface area contributed by atoms with Gasteiger partial charge in [0.15, 0.2) is 5.96 Å². The first kappa shape index (κ1) is 24.3. The maximum atomic E-state index is 12.9. The van der Waals surface area contributed by atoms with Crippen LogP contribution in [0.4, 0.5) is 13.2 Å². The van der Waals surface area contributed by atoms with Gasteiger partial charge in [-0.15, -0.1) is 24.0 Å². The molecule has 1 atom stereocenters. The summed E-state index contributed by atoms with van der Waals surface area (Å²) in [7, 11) is 1.62. The van der Waals surface area contributed by atoms with Gasteiger partial charge in [-0.25, -0.2) is 4.98 Å². The SMILES string of the molecule is CN=C(NCc1nccn1CC(C)C)NC(C)c1cccc(C(F)(F)F)c1.I. The van der Waals surface area contributed by atoms with Gasteiger partial charge in [0.25, 0.3) is 0 Å². The number of imidazole rings is 1. The van der Waals surface area contributed by atoms with Crippen molar-refractivity contribution in [2.24, 2.45) is 10.9 Å². The molecule has 28 heavy (non-hydrogen) atoms. The van der Waals surface area contributed by atoms with Gasteiger partial charge in [0.1, 0.15) is 5.82 Å². The van der Waals surface area contributed by atoms with Crippen molar-refractivity contribution in [3.63, 3.8) is 0 Å². The molecule has 0 saturated carbocycles. The molecule has 1 unspecified atom stereocenters. The minimum atomic E-state index is -4.36. The lowest BCUT2D eigenvalue weighted by molar-refractivity contribution is -0.137. The van der Waals surface area contributed by atoms with E-state index in [4.69, 9.17) is 0 Å². The van der Waals surface area contributed by atoms with Crippen molar-refractivity contribution in [1.29, 1.82) is 0 Å². The van der Waals surface area contributed by atoms with E-state index in [0.717, 1.165) is 24.5 Å². The van der Waals surface area contributed by atoms with E-state index in [-0.39, 0.29) is 30.0 Å². The molecule has 0 radical (unpaired) electrons. The van der Waals surface area contributed by atoms with Gasteiger partial charge in [-0.05, 0) is 30.5 Å². The molecule has 0 fully saturated rings. The van der Waals surface area contributed by atoms with Crippen LogP contribution >= 0.6 is 24.0 Å².